The minimum Gasteiger partial charge on any atom is -0.494 e. The Labute approximate surface area is 150 Å². The number of carbonyl (C=O) groups excluding carboxylic acids is 1. The number of benzene rings is 1. The topological polar surface area (TPSA) is 117 Å². The van der Waals surface area contributed by atoms with Crippen LogP contribution in [0.5, 0.6) is 5.75 Å². The number of tetrazole rings is 1. The molecule has 1 amide bonds. The van der Waals surface area contributed by atoms with E-state index in [0.717, 1.165) is 18.7 Å². The van der Waals surface area contributed by atoms with Crippen molar-refractivity contribution >= 4 is 11.6 Å². The summed E-state index contributed by atoms with van der Waals surface area (Å²) in [5, 5.41) is 14.9. The zero-order valence-electron chi connectivity index (χ0n) is 14.6. The van der Waals surface area contributed by atoms with Crippen molar-refractivity contribution in [2.75, 3.05) is 25.6 Å². The van der Waals surface area contributed by atoms with Crippen LogP contribution in [0, 0.1) is 0 Å². The van der Waals surface area contributed by atoms with Gasteiger partial charge in [-0.05, 0) is 54.3 Å². The minimum atomic E-state index is -0.910. The smallest absolute Gasteiger partial charge is 0.244 e. The van der Waals surface area contributed by atoms with Crippen molar-refractivity contribution in [3.05, 3.63) is 24.0 Å². The summed E-state index contributed by atoms with van der Waals surface area (Å²) in [5.41, 5.74) is 6.66. The van der Waals surface area contributed by atoms with Gasteiger partial charge in [0, 0.05) is 24.8 Å². The van der Waals surface area contributed by atoms with Crippen molar-refractivity contribution in [2.45, 2.75) is 37.1 Å². The maximum atomic E-state index is 12.7. The number of amides is 1. The highest BCUT2D eigenvalue weighted by Gasteiger charge is 2.36. The molecule has 0 radical (unpaired) electrons. The normalized spacial score (nSPS) is 19.2. The van der Waals surface area contributed by atoms with Crippen molar-refractivity contribution < 1.29 is 14.3 Å². The Morgan fingerprint density at radius 1 is 1.38 bits per heavy atom. The zero-order chi connectivity index (χ0) is 18.1. The van der Waals surface area contributed by atoms with E-state index in [2.05, 4.69) is 20.8 Å². The maximum Gasteiger partial charge on any atom is 0.244 e. The number of aromatic nitrogens is 4. The van der Waals surface area contributed by atoms with Gasteiger partial charge in [-0.15, -0.1) is 5.10 Å². The Hall–Kier alpha value is -2.52. The van der Waals surface area contributed by atoms with Crippen molar-refractivity contribution in [1.29, 1.82) is 0 Å². The van der Waals surface area contributed by atoms with E-state index in [9.17, 15) is 4.79 Å². The molecule has 0 bridgehead atoms. The Morgan fingerprint density at radius 2 is 2.15 bits per heavy atom. The van der Waals surface area contributed by atoms with Gasteiger partial charge in [-0.3, -0.25) is 4.79 Å². The Bertz CT molecular complexity index is 811. The van der Waals surface area contributed by atoms with Gasteiger partial charge in [-0.25, -0.2) is 0 Å². The molecule has 26 heavy (non-hydrogen) atoms. The summed E-state index contributed by atoms with van der Waals surface area (Å²) in [6, 6.07) is 5.38. The summed E-state index contributed by atoms with van der Waals surface area (Å²) in [6.07, 6.45) is 3.16. The fourth-order valence-electron chi connectivity index (χ4n) is 3.11. The summed E-state index contributed by atoms with van der Waals surface area (Å²) in [6.45, 7) is 0.986. The van der Waals surface area contributed by atoms with Crippen LogP contribution in [0.2, 0.25) is 0 Å². The molecule has 1 saturated heterocycles. The van der Waals surface area contributed by atoms with E-state index in [1.54, 1.807) is 23.9 Å². The number of rotatable bonds is 5. The number of nitrogens with zero attached hydrogens (tertiary/aromatic N) is 4. The molecule has 4 rings (SSSR count). The van der Waals surface area contributed by atoms with Gasteiger partial charge in [0.25, 0.3) is 0 Å². The molecule has 2 aromatic rings. The second-order valence-electron chi connectivity index (χ2n) is 6.83. The molecule has 0 unspecified atom stereocenters. The highest BCUT2D eigenvalue weighted by atomic mass is 16.5. The van der Waals surface area contributed by atoms with Crippen molar-refractivity contribution in [3.8, 4) is 11.4 Å². The molecular weight excluding hydrogens is 336 g/mol. The van der Waals surface area contributed by atoms with Crippen LogP contribution in [0.4, 0.5) is 5.69 Å². The maximum absolute atomic E-state index is 12.7. The molecule has 2 fully saturated rings. The summed E-state index contributed by atoms with van der Waals surface area (Å²) < 4.78 is 12.4. The number of hydrogen-bond donors (Lipinski definition) is 2. The van der Waals surface area contributed by atoms with E-state index in [1.807, 2.05) is 6.07 Å². The molecular formula is C17H22N6O3. The summed E-state index contributed by atoms with van der Waals surface area (Å²) in [5.74, 6) is 1.61. The molecule has 2 heterocycles. The van der Waals surface area contributed by atoms with Crippen LogP contribution in [0.1, 0.15) is 37.4 Å². The van der Waals surface area contributed by atoms with Crippen molar-refractivity contribution in [1.82, 2.24) is 20.2 Å². The third-order valence-corrected chi connectivity index (χ3v) is 4.94. The average molecular weight is 358 g/mol. The first-order valence-corrected chi connectivity index (χ1v) is 8.75. The standard InChI is InChI=1S/C17H22N6O3/c1-25-14-5-4-12(19-16(24)17(18)6-8-26-9-7-17)10-13(14)23-15(11-2-3-11)20-21-22-23/h4-5,10-11H,2-3,6-9,18H2,1H3,(H,19,24). The molecule has 138 valence electrons. The van der Waals surface area contributed by atoms with Gasteiger partial charge in [-0.1, -0.05) is 0 Å². The number of carbonyl (C=O) groups is 1. The van der Waals surface area contributed by atoms with E-state index in [-0.39, 0.29) is 5.91 Å². The zero-order valence-corrected chi connectivity index (χ0v) is 14.6. The highest BCUT2D eigenvalue weighted by Crippen LogP contribution is 2.40. The molecule has 1 aromatic carbocycles. The van der Waals surface area contributed by atoms with Crippen molar-refractivity contribution in [3.63, 3.8) is 0 Å². The number of ether oxygens (including phenoxy) is 2. The van der Waals surface area contributed by atoms with Crippen LogP contribution in [0.15, 0.2) is 18.2 Å². The second-order valence-corrected chi connectivity index (χ2v) is 6.83. The van der Waals surface area contributed by atoms with Gasteiger partial charge >= 0.3 is 0 Å². The third-order valence-electron chi connectivity index (χ3n) is 4.94. The molecule has 1 aromatic heterocycles. The van der Waals surface area contributed by atoms with Crippen LogP contribution in [-0.4, -0.2) is 52.0 Å². The van der Waals surface area contributed by atoms with E-state index in [4.69, 9.17) is 15.2 Å². The van der Waals surface area contributed by atoms with E-state index < -0.39 is 5.54 Å². The first-order chi connectivity index (χ1) is 12.6. The molecule has 3 N–H and O–H groups in total. The number of hydrogen-bond acceptors (Lipinski definition) is 7. The lowest BCUT2D eigenvalue weighted by Gasteiger charge is -2.31. The minimum absolute atomic E-state index is 0.212. The molecule has 0 atom stereocenters. The lowest BCUT2D eigenvalue weighted by molar-refractivity contribution is -0.124. The van der Waals surface area contributed by atoms with Gasteiger partial charge in [0.1, 0.15) is 17.0 Å². The number of nitrogens with two attached hydrogens (primary N) is 1. The molecule has 2 aliphatic rings. The third kappa shape index (κ3) is 3.15. The van der Waals surface area contributed by atoms with Crippen LogP contribution in [0.25, 0.3) is 5.69 Å². The summed E-state index contributed by atoms with van der Waals surface area (Å²) in [7, 11) is 1.59. The predicted molar refractivity (Wildman–Crippen MR) is 93.3 cm³/mol. The van der Waals surface area contributed by atoms with E-state index in [1.165, 1.54) is 0 Å². The molecule has 0 spiro atoms. The number of anilines is 1. The van der Waals surface area contributed by atoms with Gasteiger partial charge in [0.2, 0.25) is 5.91 Å². The average Bonchev–Trinajstić information content (AvgIpc) is 3.39. The summed E-state index contributed by atoms with van der Waals surface area (Å²) >= 11 is 0. The quantitative estimate of drug-likeness (QED) is 0.818. The van der Waals surface area contributed by atoms with Crippen LogP contribution in [0.3, 0.4) is 0 Å². The predicted octanol–water partition coefficient (Wildman–Crippen LogP) is 0.995. The molecule has 1 aliphatic carbocycles. The van der Waals surface area contributed by atoms with Crippen LogP contribution >= 0.6 is 0 Å². The van der Waals surface area contributed by atoms with Crippen LogP contribution in [-0.2, 0) is 9.53 Å². The van der Waals surface area contributed by atoms with Gasteiger partial charge in [0.15, 0.2) is 5.82 Å². The lowest BCUT2D eigenvalue weighted by Crippen LogP contribution is -2.54. The van der Waals surface area contributed by atoms with Gasteiger partial charge in [-0.2, -0.15) is 4.68 Å². The van der Waals surface area contributed by atoms with E-state index >= 15 is 0 Å². The second kappa shape index (κ2) is 6.65. The first-order valence-electron chi connectivity index (χ1n) is 8.75. The molecule has 1 saturated carbocycles. The molecule has 9 nitrogen and oxygen atoms in total. The number of methoxy groups -OCH3 is 1. The summed E-state index contributed by atoms with van der Waals surface area (Å²) in [4.78, 5) is 12.7. The Balaban J connectivity index is 1.62. The van der Waals surface area contributed by atoms with Gasteiger partial charge in [0.05, 0.1) is 7.11 Å². The van der Waals surface area contributed by atoms with Gasteiger partial charge < -0.3 is 20.5 Å². The monoisotopic (exact) mass is 358 g/mol. The fraction of sp³-hybridized carbons (Fsp3) is 0.529. The fourth-order valence-corrected chi connectivity index (χ4v) is 3.11. The Morgan fingerprint density at radius 3 is 2.85 bits per heavy atom. The SMILES string of the molecule is COc1ccc(NC(=O)C2(N)CCOCC2)cc1-n1nnnc1C1CC1. The molecule has 1 aliphatic heterocycles. The van der Waals surface area contributed by atoms with Crippen LogP contribution < -0.4 is 15.8 Å². The van der Waals surface area contributed by atoms with E-state index in [0.29, 0.717) is 49.1 Å². The highest BCUT2D eigenvalue weighted by molar-refractivity contribution is 5.98. The largest absolute Gasteiger partial charge is 0.494 e. The van der Waals surface area contributed by atoms with Crippen molar-refractivity contribution in [2.24, 2.45) is 5.73 Å². The number of nitrogens with one attached hydrogen (secondary N) is 1. The first kappa shape index (κ1) is 16.9. The lowest BCUT2D eigenvalue weighted by atomic mass is 9.90. The Kier molecular flexibility index (Phi) is 4.33. The molecule has 9 heteroatoms.